The van der Waals surface area contributed by atoms with E-state index in [0.717, 1.165) is 22.3 Å². The molecule has 6 heteroatoms. The van der Waals surface area contributed by atoms with Crippen molar-refractivity contribution in [2.75, 3.05) is 5.32 Å². The van der Waals surface area contributed by atoms with Gasteiger partial charge in [0.1, 0.15) is 5.82 Å². The SMILES string of the molecule is Fc1ccc(Nc2cc(-n3ccnn3)nc3ccccc23)cc1. The van der Waals surface area contributed by atoms with Crippen LogP contribution < -0.4 is 5.32 Å². The molecule has 0 spiro atoms. The summed E-state index contributed by atoms with van der Waals surface area (Å²) in [6, 6.07) is 15.9. The average Bonchev–Trinajstić information content (AvgIpc) is 3.11. The standard InChI is InChI=1S/C17H12FN5/c18-12-5-7-13(8-6-12)20-16-11-17(23-10-9-19-22-23)21-15-4-2-1-3-14(15)16/h1-11H,(H,20,21). The van der Waals surface area contributed by atoms with E-state index in [-0.39, 0.29) is 5.82 Å². The lowest BCUT2D eigenvalue weighted by Gasteiger charge is -2.12. The van der Waals surface area contributed by atoms with Crippen molar-refractivity contribution in [3.63, 3.8) is 0 Å². The van der Waals surface area contributed by atoms with Gasteiger partial charge in [0.05, 0.1) is 23.6 Å². The number of hydrogen-bond acceptors (Lipinski definition) is 4. The molecule has 0 bridgehead atoms. The molecule has 0 aliphatic rings. The van der Waals surface area contributed by atoms with Gasteiger partial charge in [0.15, 0.2) is 5.82 Å². The molecular weight excluding hydrogens is 293 g/mol. The van der Waals surface area contributed by atoms with Gasteiger partial charge < -0.3 is 5.32 Å². The minimum atomic E-state index is -0.265. The first-order valence-electron chi connectivity index (χ1n) is 7.09. The van der Waals surface area contributed by atoms with Crippen LogP contribution in [0.15, 0.2) is 67.0 Å². The van der Waals surface area contributed by atoms with E-state index in [1.54, 1.807) is 29.2 Å². The average molecular weight is 305 g/mol. The number of benzene rings is 2. The van der Waals surface area contributed by atoms with Gasteiger partial charge in [-0.05, 0) is 30.3 Å². The second-order valence-electron chi connectivity index (χ2n) is 5.02. The number of pyridine rings is 1. The highest BCUT2D eigenvalue weighted by atomic mass is 19.1. The highest BCUT2D eigenvalue weighted by molar-refractivity contribution is 5.93. The highest BCUT2D eigenvalue weighted by Crippen LogP contribution is 2.27. The molecule has 0 aliphatic carbocycles. The molecule has 0 amide bonds. The summed E-state index contributed by atoms with van der Waals surface area (Å²) in [6.07, 6.45) is 3.34. The lowest BCUT2D eigenvalue weighted by atomic mass is 10.1. The maximum atomic E-state index is 13.1. The monoisotopic (exact) mass is 305 g/mol. The Kier molecular flexibility index (Phi) is 3.20. The Labute approximate surface area is 131 Å². The first-order chi connectivity index (χ1) is 11.3. The van der Waals surface area contributed by atoms with Crippen molar-refractivity contribution in [2.45, 2.75) is 0 Å². The summed E-state index contributed by atoms with van der Waals surface area (Å²) in [7, 11) is 0. The fourth-order valence-electron chi connectivity index (χ4n) is 2.40. The molecule has 2 heterocycles. The molecule has 0 atom stereocenters. The largest absolute Gasteiger partial charge is 0.355 e. The lowest BCUT2D eigenvalue weighted by Crippen LogP contribution is -2.01. The Morgan fingerprint density at radius 3 is 2.61 bits per heavy atom. The number of halogens is 1. The molecule has 0 radical (unpaired) electrons. The van der Waals surface area contributed by atoms with Crippen LogP contribution >= 0.6 is 0 Å². The van der Waals surface area contributed by atoms with Gasteiger partial charge in [-0.2, -0.15) is 0 Å². The van der Waals surface area contributed by atoms with E-state index in [4.69, 9.17) is 0 Å². The minimum Gasteiger partial charge on any atom is -0.355 e. The van der Waals surface area contributed by atoms with Gasteiger partial charge in [-0.25, -0.2) is 14.1 Å². The lowest BCUT2D eigenvalue weighted by molar-refractivity contribution is 0.628. The van der Waals surface area contributed by atoms with Crippen molar-refractivity contribution >= 4 is 22.3 Å². The molecule has 1 N–H and O–H groups in total. The Bertz CT molecular complexity index is 949. The number of hydrogen-bond donors (Lipinski definition) is 1. The fourth-order valence-corrected chi connectivity index (χ4v) is 2.40. The second kappa shape index (κ2) is 5.49. The zero-order chi connectivity index (χ0) is 15.6. The Hall–Kier alpha value is -3.28. The zero-order valence-electron chi connectivity index (χ0n) is 12.0. The summed E-state index contributed by atoms with van der Waals surface area (Å²) >= 11 is 0. The molecule has 0 fully saturated rings. The molecule has 0 saturated carbocycles. The predicted octanol–water partition coefficient (Wildman–Crippen LogP) is 3.70. The molecule has 23 heavy (non-hydrogen) atoms. The summed E-state index contributed by atoms with van der Waals surface area (Å²) < 4.78 is 14.7. The Morgan fingerprint density at radius 2 is 1.83 bits per heavy atom. The van der Waals surface area contributed by atoms with Crippen LogP contribution in [0, 0.1) is 5.82 Å². The van der Waals surface area contributed by atoms with E-state index in [2.05, 4.69) is 20.6 Å². The van der Waals surface area contributed by atoms with Crippen LogP contribution in [-0.4, -0.2) is 20.0 Å². The summed E-state index contributed by atoms with van der Waals surface area (Å²) in [5.74, 6) is 0.393. The van der Waals surface area contributed by atoms with Crippen molar-refractivity contribution in [1.82, 2.24) is 20.0 Å². The molecule has 2 aromatic heterocycles. The van der Waals surface area contributed by atoms with Crippen LogP contribution in [0.2, 0.25) is 0 Å². The van der Waals surface area contributed by atoms with Gasteiger partial charge in [-0.15, -0.1) is 5.10 Å². The topological polar surface area (TPSA) is 55.6 Å². The maximum absolute atomic E-state index is 13.1. The molecule has 5 nitrogen and oxygen atoms in total. The predicted molar refractivity (Wildman–Crippen MR) is 86.3 cm³/mol. The normalized spacial score (nSPS) is 10.8. The summed E-state index contributed by atoms with van der Waals surface area (Å²) in [5, 5.41) is 12.1. The molecule has 4 rings (SSSR count). The number of nitrogens with one attached hydrogen (secondary N) is 1. The van der Waals surface area contributed by atoms with Gasteiger partial charge in [0.2, 0.25) is 0 Å². The first-order valence-corrected chi connectivity index (χ1v) is 7.09. The second-order valence-corrected chi connectivity index (χ2v) is 5.02. The molecule has 0 saturated heterocycles. The van der Waals surface area contributed by atoms with Gasteiger partial charge >= 0.3 is 0 Å². The first kappa shape index (κ1) is 13.4. The van der Waals surface area contributed by atoms with Gasteiger partial charge in [0, 0.05) is 17.1 Å². The third-order valence-corrected chi connectivity index (χ3v) is 3.48. The fraction of sp³-hybridized carbons (Fsp3) is 0. The molecule has 0 aliphatic heterocycles. The highest BCUT2D eigenvalue weighted by Gasteiger charge is 2.08. The van der Waals surface area contributed by atoms with Crippen LogP contribution in [0.4, 0.5) is 15.8 Å². The van der Waals surface area contributed by atoms with E-state index in [1.165, 1.54) is 12.1 Å². The quantitative estimate of drug-likeness (QED) is 0.627. The Morgan fingerprint density at radius 1 is 1.00 bits per heavy atom. The number of anilines is 2. The van der Waals surface area contributed by atoms with Crippen molar-refractivity contribution in [1.29, 1.82) is 0 Å². The zero-order valence-corrected chi connectivity index (χ0v) is 12.0. The summed E-state index contributed by atoms with van der Waals surface area (Å²) in [4.78, 5) is 4.59. The Balaban J connectivity index is 1.84. The minimum absolute atomic E-state index is 0.265. The molecule has 0 unspecified atom stereocenters. The number of rotatable bonds is 3. The van der Waals surface area contributed by atoms with Crippen LogP contribution in [0.5, 0.6) is 0 Å². The molecule has 2 aromatic carbocycles. The van der Waals surface area contributed by atoms with Crippen LogP contribution in [-0.2, 0) is 0 Å². The number of aromatic nitrogens is 4. The van der Waals surface area contributed by atoms with Crippen molar-refractivity contribution in [3.05, 3.63) is 72.8 Å². The van der Waals surface area contributed by atoms with Crippen LogP contribution in [0.3, 0.4) is 0 Å². The van der Waals surface area contributed by atoms with Crippen molar-refractivity contribution in [3.8, 4) is 5.82 Å². The molecule has 112 valence electrons. The van der Waals surface area contributed by atoms with E-state index < -0.39 is 0 Å². The number of nitrogens with zero attached hydrogens (tertiary/aromatic N) is 4. The van der Waals surface area contributed by atoms with Crippen LogP contribution in [0.25, 0.3) is 16.7 Å². The van der Waals surface area contributed by atoms with Crippen molar-refractivity contribution in [2.24, 2.45) is 0 Å². The van der Waals surface area contributed by atoms with E-state index in [1.807, 2.05) is 30.3 Å². The maximum Gasteiger partial charge on any atom is 0.157 e. The third-order valence-electron chi connectivity index (χ3n) is 3.48. The molecule has 4 aromatic rings. The van der Waals surface area contributed by atoms with Gasteiger partial charge in [-0.1, -0.05) is 23.4 Å². The number of fused-ring (bicyclic) bond motifs is 1. The van der Waals surface area contributed by atoms with Crippen molar-refractivity contribution < 1.29 is 4.39 Å². The van der Waals surface area contributed by atoms with E-state index >= 15 is 0 Å². The third kappa shape index (κ3) is 2.62. The number of para-hydroxylation sites is 1. The smallest absolute Gasteiger partial charge is 0.157 e. The van der Waals surface area contributed by atoms with E-state index in [9.17, 15) is 4.39 Å². The van der Waals surface area contributed by atoms with Gasteiger partial charge in [-0.3, -0.25) is 0 Å². The van der Waals surface area contributed by atoms with Gasteiger partial charge in [0.25, 0.3) is 0 Å². The molecular formula is C17H12FN5. The van der Waals surface area contributed by atoms with Crippen LogP contribution in [0.1, 0.15) is 0 Å². The summed E-state index contributed by atoms with van der Waals surface area (Å²) in [6.45, 7) is 0. The summed E-state index contributed by atoms with van der Waals surface area (Å²) in [5.41, 5.74) is 2.50. The van der Waals surface area contributed by atoms with E-state index in [0.29, 0.717) is 5.82 Å².